The molecule has 3 fully saturated rings. The number of carbonyl (C=O) groups excluding carboxylic acids is 1. The molecule has 5 N–H and O–H groups in total. The van der Waals surface area contributed by atoms with Gasteiger partial charge in [-0.2, -0.15) is 0 Å². The number of hydrogen-bond donors (Lipinski definition) is 3. The summed E-state index contributed by atoms with van der Waals surface area (Å²) in [4.78, 5) is 13.4. The van der Waals surface area contributed by atoms with Crippen molar-refractivity contribution in [1.82, 2.24) is 10.3 Å². The molecule has 1 atom stereocenters. The molecule has 3 aliphatic heterocycles. The van der Waals surface area contributed by atoms with Gasteiger partial charge in [-0.3, -0.25) is 15.5 Å². The van der Waals surface area contributed by atoms with E-state index in [1.54, 1.807) is 0 Å². The van der Waals surface area contributed by atoms with Gasteiger partial charge >= 0.3 is 0 Å². The van der Waals surface area contributed by atoms with E-state index in [9.17, 15) is 4.79 Å². The number of nitrogens with two attached hydrogens (primary N) is 2. The third-order valence-electron chi connectivity index (χ3n) is 3.38. The molecule has 3 heterocycles. The largest absolute Gasteiger partial charge is 0.367 e. The third-order valence-corrected chi connectivity index (χ3v) is 3.38. The van der Waals surface area contributed by atoms with E-state index in [4.69, 9.17) is 11.6 Å². The van der Waals surface area contributed by atoms with Crippen molar-refractivity contribution in [2.45, 2.75) is 24.9 Å². The first-order valence-corrected chi connectivity index (χ1v) is 4.72. The lowest BCUT2D eigenvalue weighted by Gasteiger charge is -2.51. The molecule has 3 rings (SSSR count). The molecule has 13 heavy (non-hydrogen) atoms. The van der Waals surface area contributed by atoms with Crippen LogP contribution in [0.15, 0.2) is 0 Å². The Labute approximate surface area is 77.4 Å². The Morgan fingerprint density at radius 2 is 2.08 bits per heavy atom. The highest BCUT2D eigenvalue weighted by Gasteiger charge is 2.49. The number of nitrogens with zero attached hydrogens (tertiary/aromatic N) is 1. The van der Waals surface area contributed by atoms with Crippen LogP contribution in [0.2, 0.25) is 0 Å². The molecular weight excluding hydrogens is 168 g/mol. The molecule has 0 aliphatic carbocycles. The summed E-state index contributed by atoms with van der Waals surface area (Å²) >= 11 is 0. The van der Waals surface area contributed by atoms with Gasteiger partial charge in [0.2, 0.25) is 0 Å². The molecule has 74 valence electrons. The van der Waals surface area contributed by atoms with Gasteiger partial charge in [0.05, 0.1) is 0 Å². The maximum atomic E-state index is 11.3. The van der Waals surface area contributed by atoms with Crippen LogP contribution in [0.5, 0.6) is 0 Å². The number of carbonyl (C=O) groups is 1. The van der Waals surface area contributed by atoms with Gasteiger partial charge < -0.3 is 5.73 Å². The van der Waals surface area contributed by atoms with Crippen LogP contribution < -0.4 is 17.0 Å². The monoisotopic (exact) mass is 184 g/mol. The van der Waals surface area contributed by atoms with Crippen molar-refractivity contribution in [2.24, 2.45) is 17.5 Å². The zero-order valence-electron chi connectivity index (χ0n) is 7.62. The van der Waals surface area contributed by atoms with E-state index in [1.165, 1.54) is 0 Å². The van der Waals surface area contributed by atoms with Gasteiger partial charge in [0.1, 0.15) is 0 Å². The predicted molar refractivity (Wildman–Crippen MR) is 48.2 cm³/mol. The smallest absolute Gasteiger partial charge is 0.254 e. The summed E-state index contributed by atoms with van der Waals surface area (Å²) in [6.45, 7) is 1.86. The van der Waals surface area contributed by atoms with Crippen LogP contribution in [0, 0.1) is 5.92 Å². The molecule has 5 nitrogen and oxygen atoms in total. The van der Waals surface area contributed by atoms with Crippen LogP contribution in [0.1, 0.15) is 19.3 Å². The average molecular weight is 184 g/mol. The van der Waals surface area contributed by atoms with Crippen molar-refractivity contribution in [3.05, 3.63) is 0 Å². The maximum absolute atomic E-state index is 11.3. The number of amides is 1. The fraction of sp³-hybridized carbons (Fsp3) is 0.875. The quantitative estimate of drug-likeness (QED) is 0.370. The SMILES string of the molecule is NNC1(C(N)=O)CC2CCN1CC2. The molecule has 3 saturated heterocycles. The lowest BCUT2D eigenvalue weighted by molar-refractivity contribution is -0.142. The molecule has 0 spiro atoms. The van der Waals surface area contributed by atoms with E-state index in [0.717, 1.165) is 32.4 Å². The highest BCUT2D eigenvalue weighted by molar-refractivity contribution is 5.84. The Morgan fingerprint density at radius 1 is 1.46 bits per heavy atom. The van der Waals surface area contributed by atoms with Crippen LogP contribution in [0.4, 0.5) is 0 Å². The fourth-order valence-electron chi connectivity index (χ4n) is 2.54. The molecule has 0 aromatic heterocycles. The van der Waals surface area contributed by atoms with E-state index >= 15 is 0 Å². The second-order valence-corrected chi connectivity index (χ2v) is 4.00. The molecule has 0 aromatic carbocycles. The normalized spacial score (nSPS) is 43.5. The first-order chi connectivity index (χ1) is 6.19. The molecule has 1 unspecified atom stereocenters. The van der Waals surface area contributed by atoms with Gasteiger partial charge in [-0.15, -0.1) is 0 Å². The number of hydrogen-bond acceptors (Lipinski definition) is 4. The van der Waals surface area contributed by atoms with Gasteiger partial charge in [0.15, 0.2) is 5.66 Å². The number of hydrazine groups is 1. The van der Waals surface area contributed by atoms with Crippen molar-refractivity contribution in [2.75, 3.05) is 13.1 Å². The average Bonchev–Trinajstić information content (AvgIpc) is 2.19. The summed E-state index contributed by atoms with van der Waals surface area (Å²) in [6, 6.07) is 0. The molecule has 2 bridgehead atoms. The molecule has 0 radical (unpaired) electrons. The van der Waals surface area contributed by atoms with Gasteiger partial charge in [-0.05, 0) is 25.2 Å². The minimum Gasteiger partial charge on any atom is -0.367 e. The fourth-order valence-corrected chi connectivity index (χ4v) is 2.54. The van der Waals surface area contributed by atoms with E-state index < -0.39 is 5.66 Å². The first kappa shape index (κ1) is 8.93. The minimum atomic E-state index is -0.763. The van der Waals surface area contributed by atoms with E-state index in [-0.39, 0.29) is 5.91 Å². The van der Waals surface area contributed by atoms with Gasteiger partial charge in [-0.1, -0.05) is 0 Å². The highest BCUT2D eigenvalue weighted by atomic mass is 16.2. The van der Waals surface area contributed by atoms with E-state index in [2.05, 4.69) is 10.3 Å². The lowest BCUT2D eigenvalue weighted by Crippen LogP contribution is -2.73. The Hall–Kier alpha value is -0.650. The molecule has 0 aromatic rings. The van der Waals surface area contributed by atoms with Crippen molar-refractivity contribution < 1.29 is 4.79 Å². The van der Waals surface area contributed by atoms with Crippen LogP contribution in [0.25, 0.3) is 0 Å². The Kier molecular flexibility index (Phi) is 2.02. The van der Waals surface area contributed by atoms with Crippen molar-refractivity contribution in [3.63, 3.8) is 0 Å². The zero-order valence-corrected chi connectivity index (χ0v) is 7.62. The van der Waals surface area contributed by atoms with Crippen LogP contribution in [0.3, 0.4) is 0 Å². The summed E-state index contributed by atoms with van der Waals surface area (Å²) in [5.41, 5.74) is 7.21. The van der Waals surface area contributed by atoms with Crippen LogP contribution >= 0.6 is 0 Å². The maximum Gasteiger partial charge on any atom is 0.254 e. The Bertz CT molecular complexity index is 224. The number of primary amides is 1. The van der Waals surface area contributed by atoms with E-state index in [0.29, 0.717) is 5.92 Å². The van der Waals surface area contributed by atoms with Gasteiger partial charge in [-0.25, -0.2) is 5.43 Å². The molecule has 1 amide bonds. The number of rotatable bonds is 2. The van der Waals surface area contributed by atoms with Crippen LogP contribution in [-0.2, 0) is 4.79 Å². The molecular formula is C8H16N4O. The van der Waals surface area contributed by atoms with Crippen LogP contribution in [-0.4, -0.2) is 29.6 Å². The first-order valence-electron chi connectivity index (χ1n) is 4.72. The number of fused-ring (bicyclic) bond motifs is 3. The van der Waals surface area contributed by atoms with E-state index in [1.807, 2.05) is 0 Å². The standard InChI is InChI=1S/C8H16N4O/c9-7(13)8(11-10)5-6-1-3-12(8)4-2-6/h6,11H,1-5,10H2,(H2,9,13). The Balaban J connectivity index is 2.25. The molecule has 5 heteroatoms. The summed E-state index contributed by atoms with van der Waals surface area (Å²) in [7, 11) is 0. The summed E-state index contributed by atoms with van der Waals surface area (Å²) in [6.07, 6.45) is 3.09. The number of nitrogens with one attached hydrogen (secondary N) is 1. The predicted octanol–water partition coefficient (Wildman–Crippen LogP) is -1.25. The lowest BCUT2D eigenvalue weighted by atomic mass is 9.79. The molecule has 3 aliphatic rings. The number of piperidine rings is 3. The molecule has 0 saturated carbocycles. The topological polar surface area (TPSA) is 84.4 Å². The summed E-state index contributed by atoms with van der Waals surface area (Å²) in [5, 5.41) is 0. The second kappa shape index (κ2) is 2.94. The third kappa shape index (κ3) is 1.15. The Morgan fingerprint density at radius 3 is 2.31 bits per heavy atom. The zero-order chi connectivity index (χ0) is 9.47. The summed E-state index contributed by atoms with van der Waals surface area (Å²) < 4.78 is 0. The highest BCUT2D eigenvalue weighted by Crippen LogP contribution is 2.36. The van der Waals surface area contributed by atoms with Crippen molar-refractivity contribution in [3.8, 4) is 0 Å². The van der Waals surface area contributed by atoms with Gasteiger partial charge in [0, 0.05) is 13.1 Å². The van der Waals surface area contributed by atoms with Gasteiger partial charge in [0.25, 0.3) is 5.91 Å². The minimum absolute atomic E-state index is 0.348. The van der Waals surface area contributed by atoms with Crippen molar-refractivity contribution >= 4 is 5.91 Å². The summed E-state index contributed by atoms with van der Waals surface area (Å²) in [5.74, 6) is 5.69. The second-order valence-electron chi connectivity index (χ2n) is 4.00. The van der Waals surface area contributed by atoms with Crippen molar-refractivity contribution in [1.29, 1.82) is 0 Å².